The molecule has 5 heteroatoms. The van der Waals surface area contributed by atoms with E-state index in [1.54, 1.807) is 4.90 Å². The Kier molecular flexibility index (Phi) is 3.36. The summed E-state index contributed by atoms with van der Waals surface area (Å²) >= 11 is 0. The molecule has 18 heavy (non-hydrogen) atoms. The maximum atomic E-state index is 12.4. The lowest BCUT2D eigenvalue weighted by atomic mass is 10.0. The third-order valence-electron chi connectivity index (χ3n) is 3.38. The second kappa shape index (κ2) is 4.53. The van der Waals surface area contributed by atoms with Crippen LogP contribution >= 0.6 is 0 Å². The smallest absolute Gasteiger partial charge is 0.238 e. The first-order chi connectivity index (χ1) is 8.35. The van der Waals surface area contributed by atoms with Crippen molar-refractivity contribution < 1.29 is 14.3 Å². The Balaban J connectivity index is 2.02. The number of hydrogen-bond donors (Lipinski definition) is 1. The highest BCUT2D eigenvalue weighted by atomic mass is 16.5. The molecule has 0 spiro atoms. The predicted molar refractivity (Wildman–Crippen MR) is 67.0 cm³/mol. The normalized spacial score (nSPS) is 22.5. The standard InChI is InChI=1S/C13H22N2O3/c1-12(2,3)14-10(16)13(4-5-13)11(17)15-6-8-18-9-7-15/h4-9H2,1-3H3,(H,14,16). The monoisotopic (exact) mass is 254 g/mol. The first-order valence-corrected chi connectivity index (χ1v) is 6.55. The number of ether oxygens (including phenoxy) is 1. The van der Waals surface area contributed by atoms with E-state index in [2.05, 4.69) is 5.32 Å². The molecule has 0 bridgehead atoms. The average molecular weight is 254 g/mol. The van der Waals surface area contributed by atoms with Crippen molar-refractivity contribution in [2.24, 2.45) is 5.41 Å². The van der Waals surface area contributed by atoms with Crippen LogP contribution in [0.4, 0.5) is 0 Å². The van der Waals surface area contributed by atoms with Gasteiger partial charge in [0, 0.05) is 18.6 Å². The van der Waals surface area contributed by atoms with E-state index in [9.17, 15) is 9.59 Å². The van der Waals surface area contributed by atoms with E-state index in [4.69, 9.17) is 4.74 Å². The van der Waals surface area contributed by atoms with Crippen LogP contribution < -0.4 is 5.32 Å². The molecule has 1 aliphatic heterocycles. The first kappa shape index (κ1) is 13.3. The van der Waals surface area contributed by atoms with Crippen LogP contribution in [0.1, 0.15) is 33.6 Å². The molecule has 102 valence electrons. The summed E-state index contributed by atoms with van der Waals surface area (Å²) in [6.45, 7) is 8.14. The van der Waals surface area contributed by atoms with E-state index >= 15 is 0 Å². The molecule has 2 fully saturated rings. The van der Waals surface area contributed by atoms with Gasteiger partial charge in [0.05, 0.1) is 13.2 Å². The molecule has 2 aliphatic rings. The van der Waals surface area contributed by atoms with E-state index in [1.807, 2.05) is 20.8 Å². The summed E-state index contributed by atoms with van der Waals surface area (Å²) in [6, 6.07) is 0. The zero-order valence-electron chi connectivity index (χ0n) is 11.4. The lowest BCUT2D eigenvalue weighted by Crippen LogP contribution is -2.52. The van der Waals surface area contributed by atoms with Crippen molar-refractivity contribution in [3.05, 3.63) is 0 Å². The van der Waals surface area contributed by atoms with E-state index < -0.39 is 5.41 Å². The van der Waals surface area contributed by atoms with Crippen LogP contribution in [0.2, 0.25) is 0 Å². The largest absolute Gasteiger partial charge is 0.378 e. The summed E-state index contributed by atoms with van der Waals surface area (Å²) in [7, 11) is 0. The molecule has 0 aromatic carbocycles. The molecule has 5 nitrogen and oxygen atoms in total. The first-order valence-electron chi connectivity index (χ1n) is 6.55. The van der Waals surface area contributed by atoms with Gasteiger partial charge in [-0.25, -0.2) is 0 Å². The van der Waals surface area contributed by atoms with E-state index in [-0.39, 0.29) is 17.4 Å². The van der Waals surface area contributed by atoms with Crippen molar-refractivity contribution in [2.75, 3.05) is 26.3 Å². The minimum Gasteiger partial charge on any atom is -0.378 e. The predicted octanol–water partition coefficient (Wildman–Crippen LogP) is 0.540. The van der Waals surface area contributed by atoms with Gasteiger partial charge in [0.2, 0.25) is 11.8 Å². The number of nitrogens with zero attached hydrogens (tertiary/aromatic N) is 1. The van der Waals surface area contributed by atoms with Crippen molar-refractivity contribution in [1.82, 2.24) is 10.2 Å². The molecule has 1 saturated carbocycles. The third-order valence-corrected chi connectivity index (χ3v) is 3.38. The molecular weight excluding hydrogens is 232 g/mol. The van der Waals surface area contributed by atoms with Gasteiger partial charge in [-0.3, -0.25) is 9.59 Å². The van der Waals surface area contributed by atoms with E-state index in [0.29, 0.717) is 39.1 Å². The fourth-order valence-electron chi connectivity index (χ4n) is 2.19. The van der Waals surface area contributed by atoms with Gasteiger partial charge >= 0.3 is 0 Å². The van der Waals surface area contributed by atoms with E-state index in [0.717, 1.165) is 0 Å². The van der Waals surface area contributed by atoms with Crippen LogP contribution in [0.25, 0.3) is 0 Å². The summed E-state index contributed by atoms with van der Waals surface area (Å²) < 4.78 is 5.23. The zero-order valence-corrected chi connectivity index (χ0v) is 11.4. The second-order valence-corrected chi connectivity index (χ2v) is 6.19. The van der Waals surface area contributed by atoms with Crippen molar-refractivity contribution in [3.8, 4) is 0 Å². The molecular formula is C13H22N2O3. The van der Waals surface area contributed by atoms with Crippen LogP contribution in [-0.4, -0.2) is 48.6 Å². The van der Waals surface area contributed by atoms with Crippen molar-refractivity contribution in [3.63, 3.8) is 0 Å². The molecule has 2 rings (SSSR count). The molecule has 0 radical (unpaired) electrons. The van der Waals surface area contributed by atoms with Gasteiger partial charge in [0.25, 0.3) is 0 Å². The molecule has 1 heterocycles. The van der Waals surface area contributed by atoms with Gasteiger partial charge in [-0.2, -0.15) is 0 Å². The summed E-state index contributed by atoms with van der Waals surface area (Å²) in [4.78, 5) is 26.4. The van der Waals surface area contributed by atoms with Gasteiger partial charge in [0.1, 0.15) is 5.41 Å². The summed E-state index contributed by atoms with van der Waals surface area (Å²) in [5.74, 6) is -0.140. The molecule has 0 unspecified atom stereocenters. The molecule has 2 amide bonds. The third kappa shape index (κ3) is 2.66. The highest BCUT2D eigenvalue weighted by Crippen LogP contribution is 2.47. The van der Waals surface area contributed by atoms with Crippen LogP contribution in [0.3, 0.4) is 0 Å². The van der Waals surface area contributed by atoms with E-state index in [1.165, 1.54) is 0 Å². The topological polar surface area (TPSA) is 58.6 Å². The highest BCUT2D eigenvalue weighted by Gasteiger charge is 2.58. The van der Waals surface area contributed by atoms with Gasteiger partial charge in [-0.05, 0) is 33.6 Å². The van der Waals surface area contributed by atoms with Gasteiger partial charge in [-0.1, -0.05) is 0 Å². The van der Waals surface area contributed by atoms with Crippen molar-refractivity contribution in [2.45, 2.75) is 39.2 Å². The van der Waals surface area contributed by atoms with Gasteiger partial charge in [-0.15, -0.1) is 0 Å². The Morgan fingerprint density at radius 2 is 1.72 bits per heavy atom. The molecule has 0 aromatic heterocycles. The zero-order chi connectivity index (χ0) is 13.4. The molecule has 0 aromatic rings. The Labute approximate surface area is 108 Å². The maximum absolute atomic E-state index is 12.4. The summed E-state index contributed by atoms with van der Waals surface area (Å²) in [6.07, 6.45) is 1.34. The molecule has 1 N–H and O–H groups in total. The summed E-state index contributed by atoms with van der Waals surface area (Å²) in [5.41, 5.74) is -1.08. The fourth-order valence-corrected chi connectivity index (χ4v) is 2.19. The van der Waals surface area contributed by atoms with Crippen LogP contribution in [0, 0.1) is 5.41 Å². The number of carbonyl (C=O) groups excluding carboxylic acids is 2. The average Bonchev–Trinajstić information content (AvgIpc) is 3.08. The van der Waals surface area contributed by atoms with Crippen molar-refractivity contribution in [1.29, 1.82) is 0 Å². The lowest BCUT2D eigenvalue weighted by Gasteiger charge is -2.31. The number of amides is 2. The van der Waals surface area contributed by atoms with Crippen LogP contribution in [0.5, 0.6) is 0 Å². The SMILES string of the molecule is CC(C)(C)NC(=O)C1(C(=O)N2CCOCC2)CC1. The molecule has 0 atom stereocenters. The second-order valence-electron chi connectivity index (χ2n) is 6.19. The number of hydrogen-bond acceptors (Lipinski definition) is 3. The Bertz CT molecular complexity index is 350. The Hall–Kier alpha value is -1.10. The Morgan fingerprint density at radius 3 is 2.17 bits per heavy atom. The number of morpholine rings is 1. The van der Waals surface area contributed by atoms with Crippen LogP contribution in [-0.2, 0) is 14.3 Å². The highest BCUT2D eigenvalue weighted by molar-refractivity contribution is 6.08. The van der Waals surface area contributed by atoms with Gasteiger partial charge in [0.15, 0.2) is 0 Å². The minimum absolute atomic E-state index is 0.0208. The number of rotatable bonds is 2. The number of nitrogens with one attached hydrogen (secondary N) is 1. The molecule has 1 aliphatic carbocycles. The lowest BCUT2D eigenvalue weighted by molar-refractivity contribution is -0.147. The quantitative estimate of drug-likeness (QED) is 0.732. The summed E-state index contributed by atoms with van der Waals surface area (Å²) in [5, 5.41) is 2.92. The van der Waals surface area contributed by atoms with Gasteiger partial charge < -0.3 is 15.0 Å². The number of carbonyl (C=O) groups is 2. The molecule has 1 saturated heterocycles. The fraction of sp³-hybridized carbons (Fsp3) is 0.846. The van der Waals surface area contributed by atoms with Crippen molar-refractivity contribution >= 4 is 11.8 Å². The Morgan fingerprint density at radius 1 is 1.17 bits per heavy atom. The van der Waals surface area contributed by atoms with Crippen LogP contribution in [0.15, 0.2) is 0 Å². The minimum atomic E-state index is -0.787. The maximum Gasteiger partial charge on any atom is 0.238 e.